The number of aromatic nitrogens is 2. The third kappa shape index (κ3) is 4.82. The second-order valence-corrected chi connectivity index (χ2v) is 9.65. The molecule has 0 bridgehead atoms. The number of thioether (sulfide) groups is 1. The number of aryl methyl sites for hydroxylation is 3. The number of benzene rings is 2. The van der Waals surface area contributed by atoms with Crippen LogP contribution >= 0.6 is 23.1 Å². The van der Waals surface area contributed by atoms with Crippen molar-refractivity contribution in [1.29, 1.82) is 0 Å². The molecule has 1 amide bonds. The number of amides is 1. The zero-order valence-electron chi connectivity index (χ0n) is 19.0. The normalized spacial score (nSPS) is 11.0. The summed E-state index contributed by atoms with van der Waals surface area (Å²) in [5.74, 6) is 0.599. The van der Waals surface area contributed by atoms with Crippen molar-refractivity contribution in [3.05, 3.63) is 74.9 Å². The van der Waals surface area contributed by atoms with E-state index in [9.17, 15) is 9.59 Å². The average Bonchev–Trinajstić information content (AvgIpc) is 3.14. The Bertz CT molecular complexity index is 1370. The lowest BCUT2D eigenvalue weighted by Gasteiger charge is -2.13. The van der Waals surface area contributed by atoms with Crippen LogP contribution in [0.1, 0.15) is 22.9 Å². The second-order valence-electron chi connectivity index (χ2n) is 7.62. The Morgan fingerprint density at radius 3 is 2.64 bits per heavy atom. The number of carbonyl (C=O) groups is 1. The van der Waals surface area contributed by atoms with Crippen molar-refractivity contribution in [2.24, 2.45) is 0 Å². The number of methoxy groups -OCH3 is 1. The molecular weight excluding hydrogens is 454 g/mol. The number of hydrogen-bond donors (Lipinski definition) is 1. The van der Waals surface area contributed by atoms with Crippen LogP contribution in [-0.2, 0) is 11.2 Å². The highest BCUT2D eigenvalue weighted by atomic mass is 32.2. The summed E-state index contributed by atoms with van der Waals surface area (Å²) in [6.45, 7) is 6.06. The Kier molecular flexibility index (Phi) is 6.85. The third-order valence-corrected chi connectivity index (χ3v) is 7.60. The van der Waals surface area contributed by atoms with Gasteiger partial charge < -0.3 is 10.1 Å². The summed E-state index contributed by atoms with van der Waals surface area (Å²) in [4.78, 5) is 32.9. The Morgan fingerprint density at radius 2 is 1.94 bits per heavy atom. The number of rotatable bonds is 7. The van der Waals surface area contributed by atoms with Gasteiger partial charge in [-0.2, -0.15) is 0 Å². The van der Waals surface area contributed by atoms with Gasteiger partial charge in [0.15, 0.2) is 5.16 Å². The maximum Gasteiger partial charge on any atom is 0.267 e. The zero-order valence-corrected chi connectivity index (χ0v) is 20.6. The van der Waals surface area contributed by atoms with E-state index in [0.717, 1.165) is 28.1 Å². The van der Waals surface area contributed by atoms with E-state index in [1.165, 1.54) is 11.8 Å². The smallest absolute Gasteiger partial charge is 0.267 e. The second kappa shape index (κ2) is 9.80. The highest BCUT2D eigenvalue weighted by Gasteiger charge is 2.19. The van der Waals surface area contributed by atoms with Crippen LogP contribution in [0.25, 0.3) is 15.9 Å². The Labute approximate surface area is 200 Å². The lowest BCUT2D eigenvalue weighted by molar-refractivity contribution is -0.113. The molecule has 2 heterocycles. The fraction of sp³-hybridized carbons (Fsp3) is 0.240. The first-order valence-corrected chi connectivity index (χ1v) is 12.4. The van der Waals surface area contributed by atoms with Crippen molar-refractivity contribution in [2.45, 2.75) is 32.3 Å². The molecule has 0 aliphatic carbocycles. The molecule has 0 saturated carbocycles. The monoisotopic (exact) mass is 479 g/mol. The zero-order chi connectivity index (χ0) is 23.5. The van der Waals surface area contributed by atoms with Gasteiger partial charge >= 0.3 is 0 Å². The van der Waals surface area contributed by atoms with Crippen molar-refractivity contribution < 1.29 is 9.53 Å². The van der Waals surface area contributed by atoms with Crippen LogP contribution in [0.2, 0.25) is 0 Å². The molecule has 6 nitrogen and oxygen atoms in total. The Balaban J connectivity index is 1.69. The molecule has 4 aromatic rings. The van der Waals surface area contributed by atoms with Crippen molar-refractivity contribution in [3.63, 3.8) is 0 Å². The molecule has 0 saturated heterocycles. The van der Waals surface area contributed by atoms with Crippen molar-refractivity contribution in [3.8, 4) is 11.4 Å². The largest absolute Gasteiger partial charge is 0.497 e. The molecule has 170 valence electrons. The molecule has 1 N–H and O–H groups in total. The quantitative estimate of drug-likeness (QED) is 0.285. The van der Waals surface area contributed by atoms with Crippen LogP contribution in [-0.4, -0.2) is 28.3 Å². The van der Waals surface area contributed by atoms with Crippen molar-refractivity contribution in [2.75, 3.05) is 18.2 Å². The van der Waals surface area contributed by atoms with Gasteiger partial charge in [-0.05, 0) is 50.1 Å². The van der Waals surface area contributed by atoms with Crippen LogP contribution < -0.4 is 15.6 Å². The van der Waals surface area contributed by atoms with Crippen LogP contribution in [0, 0.1) is 13.8 Å². The van der Waals surface area contributed by atoms with Gasteiger partial charge in [-0.25, -0.2) is 4.98 Å². The lowest BCUT2D eigenvalue weighted by atomic mass is 10.2. The van der Waals surface area contributed by atoms with Gasteiger partial charge in [-0.1, -0.05) is 42.4 Å². The van der Waals surface area contributed by atoms with Crippen LogP contribution in [0.3, 0.4) is 0 Å². The summed E-state index contributed by atoms with van der Waals surface area (Å²) < 4.78 is 6.83. The molecule has 0 spiro atoms. The van der Waals surface area contributed by atoms with Crippen LogP contribution in [0.15, 0.2) is 58.5 Å². The molecule has 4 rings (SSSR count). The number of thiophene rings is 1. The fourth-order valence-electron chi connectivity index (χ4n) is 3.59. The first kappa shape index (κ1) is 23.1. The topological polar surface area (TPSA) is 73.2 Å². The number of fused-ring (bicyclic) bond motifs is 1. The minimum absolute atomic E-state index is 0.104. The molecule has 8 heteroatoms. The van der Waals surface area contributed by atoms with E-state index in [-0.39, 0.29) is 17.2 Å². The summed E-state index contributed by atoms with van der Waals surface area (Å²) >= 11 is 2.80. The molecule has 0 aliphatic heterocycles. The number of hydrogen-bond acceptors (Lipinski definition) is 6. The fourth-order valence-corrected chi connectivity index (χ4v) is 5.56. The van der Waals surface area contributed by atoms with E-state index in [0.29, 0.717) is 26.8 Å². The SMILES string of the molecule is CCc1sc2nc(SCC(=O)Nc3cccc(OC)c3)n(-c3ccc(C)cc3)c(=O)c2c1C. The summed E-state index contributed by atoms with van der Waals surface area (Å²) in [6.07, 6.45) is 0.849. The maximum absolute atomic E-state index is 13.6. The number of carbonyl (C=O) groups excluding carboxylic acids is 1. The molecule has 0 radical (unpaired) electrons. The number of nitrogens with one attached hydrogen (secondary N) is 1. The molecule has 0 unspecified atom stereocenters. The third-order valence-electron chi connectivity index (χ3n) is 5.33. The van der Waals surface area contributed by atoms with E-state index < -0.39 is 0 Å². The number of anilines is 1. The highest BCUT2D eigenvalue weighted by molar-refractivity contribution is 7.99. The molecular formula is C25H25N3O3S2. The van der Waals surface area contributed by atoms with Gasteiger partial charge in [0.05, 0.1) is 23.9 Å². The molecule has 0 atom stereocenters. The molecule has 2 aromatic heterocycles. The van der Waals surface area contributed by atoms with Crippen molar-refractivity contribution in [1.82, 2.24) is 9.55 Å². The van der Waals surface area contributed by atoms with E-state index in [1.54, 1.807) is 35.1 Å². The minimum Gasteiger partial charge on any atom is -0.497 e. The van der Waals surface area contributed by atoms with Gasteiger partial charge in [-0.3, -0.25) is 14.2 Å². The summed E-state index contributed by atoms with van der Waals surface area (Å²) in [5.41, 5.74) is 3.38. The first-order chi connectivity index (χ1) is 15.9. The molecule has 0 fully saturated rings. The summed E-state index contributed by atoms with van der Waals surface area (Å²) in [7, 11) is 1.58. The predicted molar refractivity (Wildman–Crippen MR) is 136 cm³/mol. The maximum atomic E-state index is 13.6. The van der Waals surface area contributed by atoms with E-state index in [4.69, 9.17) is 9.72 Å². The molecule has 33 heavy (non-hydrogen) atoms. The Hall–Kier alpha value is -3.10. The number of ether oxygens (including phenoxy) is 1. The van der Waals surface area contributed by atoms with Gasteiger partial charge in [0.2, 0.25) is 5.91 Å². The highest BCUT2D eigenvalue weighted by Crippen LogP contribution is 2.30. The minimum atomic E-state index is -0.185. The predicted octanol–water partition coefficient (Wildman–Crippen LogP) is 5.37. The van der Waals surface area contributed by atoms with Crippen LogP contribution in [0.4, 0.5) is 5.69 Å². The standard InChI is InChI=1S/C25H25N3O3S2/c1-5-20-16(3)22-23(33-20)27-25(28(24(22)30)18-11-9-15(2)10-12-18)32-14-21(29)26-17-7-6-8-19(13-17)31-4/h6-13H,5,14H2,1-4H3,(H,26,29). The molecule has 0 aliphatic rings. The van der Waals surface area contributed by atoms with Gasteiger partial charge in [0.1, 0.15) is 10.6 Å². The molecule has 2 aromatic carbocycles. The Morgan fingerprint density at radius 1 is 1.18 bits per heavy atom. The summed E-state index contributed by atoms with van der Waals surface area (Å²) in [5, 5.41) is 4.03. The van der Waals surface area contributed by atoms with Gasteiger partial charge in [0, 0.05) is 16.6 Å². The van der Waals surface area contributed by atoms with Crippen LogP contribution in [0.5, 0.6) is 5.75 Å². The van der Waals surface area contributed by atoms with Gasteiger partial charge in [-0.15, -0.1) is 11.3 Å². The van der Waals surface area contributed by atoms with E-state index >= 15 is 0 Å². The number of nitrogens with zero attached hydrogens (tertiary/aromatic N) is 2. The van der Waals surface area contributed by atoms with Crippen molar-refractivity contribution >= 4 is 44.9 Å². The van der Waals surface area contributed by atoms with E-state index in [1.807, 2.05) is 50.2 Å². The lowest BCUT2D eigenvalue weighted by Crippen LogP contribution is -2.22. The average molecular weight is 480 g/mol. The first-order valence-electron chi connectivity index (χ1n) is 10.6. The van der Waals surface area contributed by atoms with Gasteiger partial charge in [0.25, 0.3) is 5.56 Å². The summed E-state index contributed by atoms with van der Waals surface area (Å²) in [6, 6.07) is 14.9. The van der Waals surface area contributed by atoms with E-state index in [2.05, 4.69) is 12.2 Å².